The second-order valence-corrected chi connectivity index (χ2v) is 5.60. The van der Waals surface area contributed by atoms with Gasteiger partial charge in [0.2, 0.25) is 0 Å². The standard InChI is InChI=1S/C14H19NO2S/c1-17-14(16)13(11-6-3-2-4-7-11)15-12-8-5-9-18-10-12/h2-4,6-7,12-13,15H,5,8-10H2,1H3/t12-,13+/m0/s1. The van der Waals surface area contributed by atoms with Gasteiger partial charge in [0.15, 0.2) is 0 Å². The molecule has 1 N–H and O–H groups in total. The van der Waals surface area contributed by atoms with E-state index in [1.54, 1.807) is 0 Å². The molecule has 0 unspecified atom stereocenters. The van der Waals surface area contributed by atoms with Crippen LogP contribution in [0.15, 0.2) is 30.3 Å². The summed E-state index contributed by atoms with van der Waals surface area (Å²) < 4.78 is 4.90. The highest BCUT2D eigenvalue weighted by Gasteiger charge is 2.25. The Kier molecular flexibility index (Phi) is 5.08. The van der Waals surface area contributed by atoms with Crippen molar-refractivity contribution in [2.75, 3.05) is 18.6 Å². The molecule has 98 valence electrons. The zero-order valence-corrected chi connectivity index (χ0v) is 11.4. The van der Waals surface area contributed by atoms with E-state index in [-0.39, 0.29) is 12.0 Å². The minimum Gasteiger partial charge on any atom is -0.468 e. The molecular weight excluding hydrogens is 246 g/mol. The largest absolute Gasteiger partial charge is 0.468 e. The average Bonchev–Trinajstić information content (AvgIpc) is 2.46. The van der Waals surface area contributed by atoms with Crippen molar-refractivity contribution >= 4 is 17.7 Å². The van der Waals surface area contributed by atoms with Gasteiger partial charge in [-0.1, -0.05) is 30.3 Å². The number of nitrogens with one attached hydrogen (secondary N) is 1. The van der Waals surface area contributed by atoms with Gasteiger partial charge in [0.1, 0.15) is 6.04 Å². The lowest BCUT2D eigenvalue weighted by Gasteiger charge is -2.27. The highest BCUT2D eigenvalue weighted by atomic mass is 32.2. The predicted molar refractivity (Wildman–Crippen MR) is 74.7 cm³/mol. The Labute approximate surface area is 112 Å². The third-order valence-electron chi connectivity index (χ3n) is 3.13. The van der Waals surface area contributed by atoms with Crippen molar-refractivity contribution in [3.05, 3.63) is 35.9 Å². The molecule has 2 rings (SSSR count). The van der Waals surface area contributed by atoms with Gasteiger partial charge in [-0.15, -0.1) is 0 Å². The van der Waals surface area contributed by atoms with Crippen LogP contribution in [0.2, 0.25) is 0 Å². The number of esters is 1. The fourth-order valence-electron chi connectivity index (χ4n) is 2.17. The van der Waals surface area contributed by atoms with Gasteiger partial charge in [-0.2, -0.15) is 11.8 Å². The fraction of sp³-hybridized carbons (Fsp3) is 0.500. The summed E-state index contributed by atoms with van der Waals surface area (Å²) in [6.45, 7) is 0. The maximum absolute atomic E-state index is 11.9. The molecule has 1 saturated heterocycles. The van der Waals surface area contributed by atoms with Crippen molar-refractivity contribution in [3.8, 4) is 0 Å². The summed E-state index contributed by atoms with van der Waals surface area (Å²) >= 11 is 1.94. The van der Waals surface area contributed by atoms with Crippen LogP contribution in [-0.2, 0) is 9.53 Å². The van der Waals surface area contributed by atoms with Gasteiger partial charge in [-0.25, -0.2) is 4.79 Å². The molecule has 1 heterocycles. The van der Waals surface area contributed by atoms with Crippen LogP contribution in [-0.4, -0.2) is 30.6 Å². The summed E-state index contributed by atoms with van der Waals surface area (Å²) in [4.78, 5) is 11.9. The summed E-state index contributed by atoms with van der Waals surface area (Å²) in [5.74, 6) is 2.09. The van der Waals surface area contributed by atoms with Crippen LogP contribution in [0.1, 0.15) is 24.4 Å². The van der Waals surface area contributed by atoms with Crippen molar-refractivity contribution in [3.63, 3.8) is 0 Å². The molecular formula is C14H19NO2S. The lowest BCUT2D eigenvalue weighted by Crippen LogP contribution is -2.40. The molecule has 1 aliphatic rings. The molecule has 1 fully saturated rings. The molecule has 0 saturated carbocycles. The smallest absolute Gasteiger partial charge is 0.327 e. The first kappa shape index (κ1) is 13.4. The number of benzene rings is 1. The molecule has 0 aliphatic carbocycles. The maximum atomic E-state index is 11.9. The average molecular weight is 265 g/mol. The summed E-state index contributed by atoms with van der Waals surface area (Å²) in [6.07, 6.45) is 2.35. The third-order valence-corrected chi connectivity index (χ3v) is 4.35. The van der Waals surface area contributed by atoms with Gasteiger partial charge < -0.3 is 4.74 Å². The topological polar surface area (TPSA) is 38.3 Å². The quantitative estimate of drug-likeness (QED) is 0.848. The van der Waals surface area contributed by atoms with Crippen molar-refractivity contribution in [2.45, 2.75) is 24.9 Å². The lowest BCUT2D eigenvalue weighted by atomic mass is 10.0. The van der Waals surface area contributed by atoms with Crippen molar-refractivity contribution < 1.29 is 9.53 Å². The molecule has 0 spiro atoms. The van der Waals surface area contributed by atoms with Crippen molar-refractivity contribution in [2.24, 2.45) is 0 Å². The molecule has 4 heteroatoms. The number of thioether (sulfide) groups is 1. The van der Waals surface area contributed by atoms with E-state index in [2.05, 4.69) is 5.32 Å². The summed E-state index contributed by atoms with van der Waals surface area (Å²) in [5, 5.41) is 3.43. The monoisotopic (exact) mass is 265 g/mol. The van der Waals surface area contributed by atoms with E-state index in [9.17, 15) is 4.79 Å². The van der Waals surface area contributed by atoms with Gasteiger partial charge in [0, 0.05) is 11.8 Å². The predicted octanol–water partition coefficient (Wildman–Crippen LogP) is 2.39. The second kappa shape index (κ2) is 6.81. The number of hydrogen-bond donors (Lipinski definition) is 1. The van der Waals surface area contributed by atoms with Crippen LogP contribution in [0.25, 0.3) is 0 Å². The van der Waals surface area contributed by atoms with Crippen LogP contribution in [0.4, 0.5) is 0 Å². The number of carbonyl (C=O) groups excluding carboxylic acids is 1. The Morgan fingerprint density at radius 2 is 2.22 bits per heavy atom. The van der Waals surface area contributed by atoms with Crippen LogP contribution < -0.4 is 5.32 Å². The van der Waals surface area contributed by atoms with E-state index in [1.165, 1.54) is 19.3 Å². The third kappa shape index (κ3) is 3.50. The van der Waals surface area contributed by atoms with Crippen LogP contribution >= 0.6 is 11.8 Å². The van der Waals surface area contributed by atoms with Crippen molar-refractivity contribution in [1.29, 1.82) is 0 Å². The van der Waals surface area contributed by atoms with E-state index in [0.29, 0.717) is 6.04 Å². The molecule has 1 aromatic carbocycles. The van der Waals surface area contributed by atoms with E-state index in [1.807, 2.05) is 42.1 Å². The molecule has 0 radical (unpaired) electrons. The molecule has 2 atom stereocenters. The molecule has 18 heavy (non-hydrogen) atoms. The minimum absolute atomic E-state index is 0.211. The number of ether oxygens (including phenoxy) is 1. The number of hydrogen-bond acceptors (Lipinski definition) is 4. The van der Waals surface area contributed by atoms with E-state index >= 15 is 0 Å². The van der Waals surface area contributed by atoms with Crippen molar-refractivity contribution in [1.82, 2.24) is 5.32 Å². The van der Waals surface area contributed by atoms with Gasteiger partial charge in [0.25, 0.3) is 0 Å². The number of methoxy groups -OCH3 is 1. The second-order valence-electron chi connectivity index (χ2n) is 4.45. The molecule has 0 bridgehead atoms. The van der Waals surface area contributed by atoms with E-state index < -0.39 is 0 Å². The first-order valence-corrected chi connectivity index (χ1v) is 7.43. The Bertz CT molecular complexity index is 377. The molecule has 0 aromatic heterocycles. The summed E-state index contributed by atoms with van der Waals surface area (Å²) in [6, 6.07) is 9.82. The van der Waals surface area contributed by atoms with Crippen LogP contribution in [0.5, 0.6) is 0 Å². The van der Waals surface area contributed by atoms with Crippen LogP contribution in [0, 0.1) is 0 Å². The fourth-order valence-corrected chi connectivity index (χ4v) is 3.26. The normalized spacial score (nSPS) is 21.3. The Hall–Kier alpha value is -1.00. The molecule has 1 aromatic rings. The molecule has 3 nitrogen and oxygen atoms in total. The maximum Gasteiger partial charge on any atom is 0.327 e. The first-order valence-electron chi connectivity index (χ1n) is 6.28. The zero-order valence-electron chi connectivity index (χ0n) is 10.6. The lowest BCUT2D eigenvalue weighted by molar-refractivity contribution is -0.143. The van der Waals surface area contributed by atoms with Gasteiger partial charge in [0.05, 0.1) is 7.11 Å². The minimum atomic E-state index is -0.347. The highest BCUT2D eigenvalue weighted by Crippen LogP contribution is 2.21. The number of rotatable bonds is 4. The Balaban J connectivity index is 2.07. The first-order chi connectivity index (χ1) is 8.81. The number of carbonyl (C=O) groups is 1. The summed E-state index contributed by atoms with van der Waals surface area (Å²) in [7, 11) is 1.44. The zero-order chi connectivity index (χ0) is 12.8. The van der Waals surface area contributed by atoms with Crippen LogP contribution in [0.3, 0.4) is 0 Å². The van der Waals surface area contributed by atoms with Gasteiger partial charge in [-0.3, -0.25) is 5.32 Å². The molecule has 0 amide bonds. The molecule has 1 aliphatic heterocycles. The van der Waals surface area contributed by atoms with Gasteiger partial charge in [-0.05, 0) is 24.2 Å². The summed E-state index contributed by atoms with van der Waals surface area (Å²) in [5.41, 5.74) is 0.972. The van der Waals surface area contributed by atoms with Gasteiger partial charge >= 0.3 is 5.97 Å². The van der Waals surface area contributed by atoms with E-state index in [4.69, 9.17) is 4.74 Å². The Morgan fingerprint density at radius 1 is 1.44 bits per heavy atom. The van der Waals surface area contributed by atoms with E-state index in [0.717, 1.165) is 17.7 Å². The highest BCUT2D eigenvalue weighted by molar-refractivity contribution is 7.99. The Morgan fingerprint density at radius 3 is 2.83 bits per heavy atom. The SMILES string of the molecule is COC(=O)[C@H](N[C@H]1CCCSC1)c1ccccc1.